The molecule has 32 heavy (non-hydrogen) atoms. The number of piperidine rings is 1. The fourth-order valence-electron chi connectivity index (χ4n) is 5.67. The summed E-state index contributed by atoms with van der Waals surface area (Å²) in [6.07, 6.45) is 11.7. The Morgan fingerprint density at radius 1 is 1.09 bits per heavy atom. The predicted molar refractivity (Wildman–Crippen MR) is 118 cm³/mol. The van der Waals surface area contributed by atoms with Gasteiger partial charge in [0.25, 0.3) is 0 Å². The summed E-state index contributed by atoms with van der Waals surface area (Å²) in [6.45, 7) is 2.17. The van der Waals surface area contributed by atoms with Crippen LogP contribution in [-0.4, -0.2) is 38.1 Å². The number of rotatable bonds is 6. The van der Waals surface area contributed by atoms with Crippen molar-refractivity contribution in [3.8, 4) is 5.75 Å². The molecule has 2 saturated carbocycles. The lowest BCUT2D eigenvalue weighted by molar-refractivity contribution is 0.115. The highest BCUT2D eigenvalue weighted by Crippen LogP contribution is 2.48. The van der Waals surface area contributed by atoms with Gasteiger partial charge in [-0.1, -0.05) is 6.08 Å². The molecule has 1 aromatic rings. The maximum atomic E-state index is 14.6. The van der Waals surface area contributed by atoms with Gasteiger partial charge in [-0.3, -0.25) is 0 Å². The van der Waals surface area contributed by atoms with Gasteiger partial charge in [0.15, 0.2) is 17.9 Å². The molecule has 2 aliphatic heterocycles. The Morgan fingerprint density at radius 3 is 2.62 bits per heavy atom. The second kappa shape index (κ2) is 9.10. The number of hydrogen-bond acceptors (Lipinski definition) is 4. The van der Waals surface area contributed by atoms with Gasteiger partial charge < -0.3 is 20.7 Å². The summed E-state index contributed by atoms with van der Waals surface area (Å²) < 4.78 is 48.3. The van der Waals surface area contributed by atoms with E-state index >= 15 is 0 Å². The molecule has 0 aromatic heterocycles. The molecular formula is C25H32F3N3O. The van der Waals surface area contributed by atoms with E-state index in [4.69, 9.17) is 4.74 Å². The summed E-state index contributed by atoms with van der Waals surface area (Å²) in [5.41, 5.74) is 1.44. The average Bonchev–Trinajstić information content (AvgIpc) is 3.55. The number of benzene rings is 1. The van der Waals surface area contributed by atoms with Crippen molar-refractivity contribution in [1.82, 2.24) is 16.0 Å². The third-order valence-electron chi connectivity index (χ3n) is 7.75. The number of nitrogens with one attached hydrogen (secondary N) is 3. The highest BCUT2D eigenvalue weighted by atomic mass is 19.1. The van der Waals surface area contributed by atoms with Crippen LogP contribution in [0.5, 0.6) is 5.75 Å². The summed E-state index contributed by atoms with van der Waals surface area (Å²) in [4.78, 5) is 0. The fraction of sp³-hybridized carbons (Fsp3) is 0.600. The van der Waals surface area contributed by atoms with Gasteiger partial charge in [-0.05, 0) is 81.8 Å². The second-order valence-electron chi connectivity index (χ2n) is 9.86. The van der Waals surface area contributed by atoms with E-state index in [2.05, 4.69) is 16.0 Å². The first-order valence-corrected chi connectivity index (χ1v) is 11.9. The van der Waals surface area contributed by atoms with E-state index in [-0.39, 0.29) is 24.3 Å². The number of allylic oxidation sites excluding steroid dienone is 2. The van der Waals surface area contributed by atoms with E-state index in [1.54, 1.807) is 12.2 Å². The van der Waals surface area contributed by atoms with Crippen LogP contribution in [0.2, 0.25) is 0 Å². The largest absolute Gasteiger partial charge is 0.486 e. The highest BCUT2D eigenvalue weighted by Gasteiger charge is 2.44. The number of dihydropyridines is 1. The van der Waals surface area contributed by atoms with Gasteiger partial charge >= 0.3 is 0 Å². The van der Waals surface area contributed by atoms with Crippen LogP contribution in [-0.2, 0) is 0 Å². The van der Waals surface area contributed by atoms with Gasteiger partial charge in [0.2, 0.25) is 0 Å². The lowest BCUT2D eigenvalue weighted by Crippen LogP contribution is -2.43. The second-order valence-corrected chi connectivity index (χ2v) is 9.86. The Hall–Kier alpha value is -1.99. The van der Waals surface area contributed by atoms with Gasteiger partial charge in [-0.25, -0.2) is 13.2 Å². The Labute approximate surface area is 187 Å². The lowest BCUT2D eigenvalue weighted by Gasteiger charge is -2.43. The smallest absolute Gasteiger partial charge is 0.195 e. The van der Waals surface area contributed by atoms with Gasteiger partial charge in [0.05, 0.1) is 0 Å². The molecule has 3 atom stereocenters. The zero-order chi connectivity index (χ0) is 22.1. The molecular weight excluding hydrogens is 415 g/mol. The monoisotopic (exact) mass is 447 g/mol. The van der Waals surface area contributed by atoms with Gasteiger partial charge in [-0.2, -0.15) is 0 Å². The van der Waals surface area contributed by atoms with Crippen molar-refractivity contribution < 1.29 is 17.9 Å². The molecule has 5 rings (SSSR count). The van der Waals surface area contributed by atoms with Gasteiger partial charge in [0, 0.05) is 35.2 Å². The van der Waals surface area contributed by atoms with Crippen molar-refractivity contribution in [2.45, 2.75) is 69.2 Å². The van der Waals surface area contributed by atoms with Crippen LogP contribution in [0, 0.1) is 17.0 Å². The highest BCUT2D eigenvalue weighted by molar-refractivity contribution is 5.43. The molecule has 1 spiro atoms. The normalized spacial score (nSPS) is 29.5. The molecule has 0 bridgehead atoms. The zero-order valence-corrected chi connectivity index (χ0v) is 18.3. The van der Waals surface area contributed by atoms with Crippen LogP contribution in [0.3, 0.4) is 0 Å². The topological polar surface area (TPSA) is 45.3 Å². The first kappa shape index (κ1) is 21.8. The first-order valence-electron chi connectivity index (χ1n) is 11.9. The SMILES string of the molecule is Fc1cc(F)c(OCC2=CC=CNC2F)c([C@H]2CC2NC2CCC3(CCNCC3)CC2)c1. The maximum Gasteiger partial charge on any atom is 0.195 e. The molecule has 3 N–H and O–H groups in total. The van der Waals surface area contributed by atoms with E-state index in [0.717, 1.165) is 38.4 Å². The predicted octanol–water partition coefficient (Wildman–Crippen LogP) is 4.44. The minimum absolute atomic E-state index is 0.0181. The fourth-order valence-corrected chi connectivity index (χ4v) is 5.67. The number of ether oxygens (including phenoxy) is 1. The third kappa shape index (κ3) is 4.69. The quantitative estimate of drug-likeness (QED) is 0.565. The van der Waals surface area contributed by atoms with Crippen molar-refractivity contribution in [2.75, 3.05) is 19.7 Å². The maximum absolute atomic E-state index is 14.6. The van der Waals surface area contributed by atoms with E-state index in [1.165, 1.54) is 37.9 Å². The summed E-state index contributed by atoms with van der Waals surface area (Å²) in [5, 5.41) is 9.75. The number of hydrogen-bond donors (Lipinski definition) is 3. The summed E-state index contributed by atoms with van der Waals surface area (Å²) >= 11 is 0. The Morgan fingerprint density at radius 2 is 1.88 bits per heavy atom. The summed E-state index contributed by atoms with van der Waals surface area (Å²) in [7, 11) is 0. The van der Waals surface area contributed by atoms with Crippen molar-refractivity contribution >= 4 is 0 Å². The molecule has 3 fully saturated rings. The van der Waals surface area contributed by atoms with Crippen LogP contribution >= 0.6 is 0 Å². The molecule has 7 heteroatoms. The molecule has 0 amide bonds. The molecule has 1 saturated heterocycles. The van der Waals surface area contributed by atoms with Crippen LogP contribution < -0.4 is 20.7 Å². The van der Waals surface area contributed by atoms with Crippen molar-refractivity contribution in [1.29, 1.82) is 0 Å². The molecule has 0 radical (unpaired) electrons. The van der Waals surface area contributed by atoms with E-state index in [1.807, 2.05) is 0 Å². The van der Waals surface area contributed by atoms with Gasteiger partial charge in [0.1, 0.15) is 12.4 Å². The Bertz CT molecular complexity index is 887. The molecule has 4 aliphatic rings. The number of alkyl halides is 1. The van der Waals surface area contributed by atoms with Gasteiger partial charge in [-0.15, -0.1) is 0 Å². The van der Waals surface area contributed by atoms with E-state index < -0.39 is 17.9 Å². The molecule has 2 aliphatic carbocycles. The summed E-state index contributed by atoms with van der Waals surface area (Å²) in [6, 6.07) is 2.88. The minimum atomic E-state index is -1.36. The van der Waals surface area contributed by atoms with Crippen LogP contribution in [0.15, 0.2) is 36.1 Å². The summed E-state index contributed by atoms with van der Waals surface area (Å²) in [5.74, 6) is -1.28. The zero-order valence-electron chi connectivity index (χ0n) is 18.3. The molecule has 174 valence electrons. The van der Waals surface area contributed by atoms with Crippen molar-refractivity contribution in [3.05, 3.63) is 53.3 Å². The molecule has 1 aromatic carbocycles. The molecule has 2 unspecified atom stereocenters. The van der Waals surface area contributed by atoms with Crippen molar-refractivity contribution in [3.63, 3.8) is 0 Å². The van der Waals surface area contributed by atoms with Crippen LogP contribution in [0.1, 0.15) is 56.4 Å². The molecule has 2 heterocycles. The van der Waals surface area contributed by atoms with Crippen LogP contribution in [0.4, 0.5) is 13.2 Å². The Balaban J connectivity index is 1.21. The average molecular weight is 448 g/mol. The minimum Gasteiger partial charge on any atom is -0.486 e. The lowest BCUT2D eigenvalue weighted by atomic mass is 9.67. The standard InChI is InChI=1S/C25H32F3N3O/c26-17-12-20(23(21(27)13-17)32-15-16-2-1-9-30-24(16)28)19-14-22(19)31-18-3-5-25(6-4-18)7-10-29-11-8-25/h1-2,9,12-13,18-19,22,24,29-31H,3-8,10-11,14-15H2/t19-,22?,24?/m1/s1. The number of halogens is 3. The van der Waals surface area contributed by atoms with Crippen molar-refractivity contribution in [2.24, 2.45) is 5.41 Å². The molecule has 4 nitrogen and oxygen atoms in total. The third-order valence-corrected chi connectivity index (χ3v) is 7.75. The van der Waals surface area contributed by atoms with E-state index in [0.29, 0.717) is 22.6 Å². The Kier molecular flexibility index (Phi) is 6.21. The van der Waals surface area contributed by atoms with E-state index in [9.17, 15) is 13.2 Å². The van der Waals surface area contributed by atoms with Crippen LogP contribution in [0.25, 0.3) is 0 Å². The first-order chi connectivity index (χ1) is 15.5.